The van der Waals surface area contributed by atoms with Crippen molar-refractivity contribution in [3.05, 3.63) is 72.1 Å². The predicted molar refractivity (Wildman–Crippen MR) is 90.6 cm³/mol. The number of hydrogen-bond acceptors (Lipinski definition) is 3. The van der Waals surface area contributed by atoms with E-state index in [1.54, 1.807) is 0 Å². The Kier molecular flexibility index (Phi) is 4.23. The van der Waals surface area contributed by atoms with Crippen molar-refractivity contribution < 1.29 is 0 Å². The second-order valence-electron chi connectivity index (χ2n) is 4.92. The molecule has 2 nitrogen and oxygen atoms in total. The summed E-state index contributed by atoms with van der Waals surface area (Å²) in [7, 11) is 0. The number of nitrogens with two attached hydrogens (primary N) is 1. The largest absolute Gasteiger partial charge is 0.320 e. The van der Waals surface area contributed by atoms with E-state index in [2.05, 4.69) is 54.4 Å². The van der Waals surface area contributed by atoms with Gasteiger partial charge in [-0.15, -0.1) is 11.8 Å². The van der Waals surface area contributed by atoms with Crippen LogP contribution in [0.2, 0.25) is 0 Å². The Hall–Kier alpha value is -1.84. The molecule has 0 saturated heterocycles. The number of hydrogen-bond donors (Lipinski definition) is 1. The van der Waals surface area contributed by atoms with Gasteiger partial charge >= 0.3 is 0 Å². The van der Waals surface area contributed by atoms with E-state index in [1.807, 2.05) is 30.2 Å². The van der Waals surface area contributed by atoms with Gasteiger partial charge in [0, 0.05) is 22.7 Å². The van der Waals surface area contributed by atoms with Gasteiger partial charge in [-0.3, -0.25) is 4.98 Å². The maximum atomic E-state index is 6.47. The molecule has 3 aromatic rings. The molecular formula is C18H18N2S. The first kappa shape index (κ1) is 14.1. The van der Waals surface area contributed by atoms with Crippen LogP contribution >= 0.6 is 11.8 Å². The standard InChI is InChI=1S/C18H18N2S/c1-2-21-15-8-6-14(7-9-15)18(19)16-5-3-4-13-10-11-20-12-17(13)16/h3-12,18H,2,19H2,1H3. The molecule has 106 valence electrons. The van der Waals surface area contributed by atoms with Crippen molar-refractivity contribution in [2.75, 3.05) is 5.75 Å². The summed E-state index contributed by atoms with van der Waals surface area (Å²) in [5.41, 5.74) is 8.72. The normalized spacial score (nSPS) is 12.5. The Labute approximate surface area is 129 Å². The third kappa shape index (κ3) is 2.94. The number of nitrogens with zero attached hydrogens (tertiary/aromatic N) is 1. The van der Waals surface area contributed by atoms with Crippen LogP contribution in [0.5, 0.6) is 0 Å². The molecule has 3 heteroatoms. The molecule has 0 aliphatic heterocycles. The van der Waals surface area contributed by atoms with Crippen LogP contribution in [0.1, 0.15) is 24.1 Å². The first-order chi connectivity index (χ1) is 10.3. The summed E-state index contributed by atoms with van der Waals surface area (Å²) in [5, 5.41) is 2.30. The van der Waals surface area contributed by atoms with E-state index in [-0.39, 0.29) is 6.04 Å². The van der Waals surface area contributed by atoms with E-state index >= 15 is 0 Å². The first-order valence-electron chi connectivity index (χ1n) is 7.10. The molecule has 0 spiro atoms. The highest BCUT2D eigenvalue weighted by molar-refractivity contribution is 7.99. The lowest BCUT2D eigenvalue weighted by Crippen LogP contribution is -2.12. The smallest absolute Gasteiger partial charge is 0.0558 e. The molecule has 21 heavy (non-hydrogen) atoms. The fraction of sp³-hybridized carbons (Fsp3) is 0.167. The quantitative estimate of drug-likeness (QED) is 0.725. The summed E-state index contributed by atoms with van der Waals surface area (Å²) in [6, 6.07) is 16.7. The number of benzene rings is 2. The summed E-state index contributed by atoms with van der Waals surface area (Å²) in [6.07, 6.45) is 3.71. The van der Waals surface area contributed by atoms with Crippen molar-refractivity contribution >= 4 is 22.5 Å². The van der Waals surface area contributed by atoms with Crippen molar-refractivity contribution in [1.82, 2.24) is 4.98 Å². The maximum absolute atomic E-state index is 6.47. The van der Waals surface area contributed by atoms with E-state index in [1.165, 1.54) is 10.3 Å². The molecular weight excluding hydrogens is 276 g/mol. The monoisotopic (exact) mass is 294 g/mol. The fourth-order valence-electron chi connectivity index (χ4n) is 2.53. The highest BCUT2D eigenvalue weighted by Crippen LogP contribution is 2.28. The van der Waals surface area contributed by atoms with Crippen molar-refractivity contribution in [3.63, 3.8) is 0 Å². The van der Waals surface area contributed by atoms with Crippen LogP contribution in [0.15, 0.2) is 65.8 Å². The minimum Gasteiger partial charge on any atom is -0.320 e. The number of aromatic nitrogens is 1. The fourth-order valence-corrected chi connectivity index (χ4v) is 3.19. The van der Waals surface area contributed by atoms with E-state index in [0.29, 0.717) is 0 Å². The van der Waals surface area contributed by atoms with Crippen LogP contribution in [-0.4, -0.2) is 10.7 Å². The molecule has 3 rings (SSSR count). The van der Waals surface area contributed by atoms with E-state index in [0.717, 1.165) is 22.3 Å². The van der Waals surface area contributed by atoms with E-state index in [4.69, 9.17) is 5.73 Å². The van der Waals surface area contributed by atoms with Gasteiger partial charge < -0.3 is 5.73 Å². The molecule has 0 fully saturated rings. The SMILES string of the molecule is CCSc1ccc(C(N)c2cccc3ccncc23)cc1. The molecule has 0 bridgehead atoms. The zero-order valence-corrected chi connectivity index (χ0v) is 12.8. The molecule has 1 unspecified atom stereocenters. The van der Waals surface area contributed by atoms with Crippen LogP contribution in [0.3, 0.4) is 0 Å². The second kappa shape index (κ2) is 6.29. The zero-order chi connectivity index (χ0) is 14.7. The number of thioether (sulfide) groups is 1. The Morgan fingerprint density at radius 1 is 1.10 bits per heavy atom. The average molecular weight is 294 g/mol. The van der Waals surface area contributed by atoms with Crippen molar-refractivity contribution in [2.24, 2.45) is 5.73 Å². The maximum Gasteiger partial charge on any atom is 0.0558 e. The molecule has 1 atom stereocenters. The summed E-state index contributed by atoms with van der Waals surface area (Å²) < 4.78 is 0. The first-order valence-corrected chi connectivity index (χ1v) is 8.09. The van der Waals surface area contributed by atoms with Gasteiger partial charge in [-0.05, 0) is 40.5 Å². The summed E-state index contributed by atoms with van der Waals surface area (Å²) in [6.45, 7) is 2.16. The third-order valence-corrected chi connectivity index (χ3v) is 4.50. The average Bonchev–Trinajstić information content (AvgIpc) is 2.55. The zero-order valence-electron chi connectivity index (χ0n) is 12.0. The number of pyridine rings is 1. The van der Waals surface area contributed by atoms with E-state index in [9.17, 15) is 0 Å². The topological polar surface area (TPSA) is 38.9 Å². The lowest BCUT2D eigenvalue weighted by Gasteiger charge is -2.15. The van der Waals surface area contributed by atoms with Gasteiger partial charge in [0.25, 0.3) is 0 Å². The predicted octanol–water partition coefficient (Wildman–Crippen LogP) is 4.39. The minimum atomic E-state index is -0.126. The van der Waals surface area contributed by atoms with Crippen LogP contribution in [0.25, 0.3) is 10.8 Å². The van der Waals surface area contributed by atoms with Gasteiger partial charge in [-0.2, -0.15) is 0 Å². The van der Waals surface area contributed by atoms with Crippen LogP contribution in [0.4, 0.5) is 0 Å². The van der Waals surface area contributed by atoms with Crippen molar-refractivity contribution in [3.8, 4) is 0 Å². The summed E-state index contributed by atoms with van der Waals surface area (Å²) >= 11 is 1.84. The summed E-state index contributed by atoms with van der Waals surface area (Å²) in [5.74, 6) is 1.08. The van der Waals surface area contributed by atoms with E-state index < -0.39 is 0 Å². The Balaban J connectivity index is 1.98. The van der Waals surface area contributed by atoms with Gasteiger partial charge in [0.05, 0.1) is 6.04 Å². The second-order valence-corrected chi connectivity index (χ2v) is 6.26. The third-order valence-electron chi connectivity index (χ3n) is 3.60. The molecule has 0 aliphatic carbocycles. The molecule has 0 aliphatic rings. The lowest BCUT2D eigenvalue weighted by molar-refractivity contribution is 0.878. The lowest BCUT2D eigenvalue weighted by atomic mass is 9.95. The van der Waals surface area contributed by atoms with Gasteiger partial charge in [-0.25, -0.2) is 0 Å². The van der Waals surface area contributed by atoms with Crippen molar-refractivity contribution in [1.29, 1.82) is 0 Å². The molecule has 2 N–H and O–H groups in total. The number of rotatable bonds is 4. The van der Waals surface area contributed by atoms with Crippen molar-refractivity contribution in [2.45, 2.75) is 17.9 Å². The molecule has 1 heterocycles. The van der Waals surface area contributed by atoms with Gasteiger partial charge in [-0.1, -0.05) is 37.3 Å². The Morgan fingerprint density at radius 3 is 2.67 bits per heavy atom. The minimum absolute atomic E-state index is 0.126. The Morgan fingerprint density at radius 2 is 1.90 bits per heavy atom. The molecule has 1 aromatic heterocycles. The van der Waals surface area contributed by atoms with Gasteiger partial charge in [0.2, 0.25) is 0 Å². The van der Waals surface area contributed by atoms with Crippen LogP contribution in [0, 0.1) is 0 Å². The van der Waals surface area contributed by atoms with Gasteiger partial charge in [0.15, 0.2) is 0 Å². The number of fused-ring (bicyclic) bond motifs is 1. The highest BCUT2D eigenvalue weighted by Gasteiger charge is 2.12. The molecule has 0 saturated carbocycles. The van der Waals surface area contributed by atoms with Gasteiger partial charge in [0.1, 0.15) is 0 Å². The molecule has 0 amide bonds. The van der Waals surface area contributed by atoms with Crippen LogP contribution in [-0.2, 0) is 0 Å². The highest BCUT2D eigenvalue weighted by atomic mass is 32.2. The molecule has 0 radical (unpaired) electrons. The van der Waals surface area contributed by atoms with Crippen LogP contribution < -0.4 is 5.73 Å². The molecule has 2 aromatic carbocycles. The summed E-state index contributed by atoms with van der Waals surface area (Å²) in [4.78, 5) is 5.51. The Bertz CT molecular complexity index is 732.